The third-order valence-corrected chi connectivity index (χ3v) is 2.16. The summed E-state index contributed by atoms with van der Waals surface area (Å²) in [5.74, 6) is -0.359. The highest BCUT2D eigenvalue weighted by molar-refractivity contribution is 5.79. The number of amides is 1. The van der Waals surface area contributed by atoms with Crippen molar-refractivity contribution in [2.75, 3.05) is 13.7 Å². The maximum Gasteiger partial charge on any atom is 0.234 e. The fourth-order valence-corrected chi connectivity index (χ4v) is 1.36. The average molecular weight is 188 g/mol. The summed E-state index contributed by atoms with van der Waals surface area (Å²) in [7, 11) is 1.58. The van der Waals surface area contributed by atoms with Gasteiger partial charge in [0.25, 0.3) is 0 Å². The summed E-state index contributed by atoms with van der Waals surface area (Å²) in [6, 6.07) is -0.281. The average Bonchev–Trinajstić information content (AvgIpc) is 2.51. The molecule has 1 aliphatic heterocycles. The molecule has 1 rings (SSSR count). The molecule has 76 valence electrons. The van der Waals surface area contributed by atoms with Crippen molar-refractivity contribution in [1.82, 2.24) is 5.32 Å². The molecular weight excluding hydrogens is 172 g/mol. The largest absolute Gasteiger partial charge is 0.368 e. The third-order valence-electron chi connectivity index (χ3n) is 2.16. The van der Waals surface area contributed by atoms with E-state index in [0.717, 1.165) is 6.42 Å². The van der Waals surface area contributed by atoms with Crippen LogP contribution >= 0.6 is 0 Å². The van der Waals surface area contributed by atoms with Crippen LogP contribution in [0.15, 0.2) is 0 Å². The summed E-state index contributed by atoms with van der Waals surface area (Å²) in [6.45, 7) is 2.38. The van der Waals surface area contributed by atoms with Gasteiger partial charge in [-0.1, -0.05) is 0 Å². The van der Waals surface area contributed by atoms with Gasteiger partial charge in [0.2, 0.25) is 5.91 Å². The lowest BCUT2D eigenvalue weighted by molar-refractivity contribution is -0.121. The fraction of sp³-hybridized carbons (Fsp3) is 0.875. The van der Waals surface area contributed by atoms with Crippen LogP contribution in [0.5, 0.6) is 0 Å². The lowest BCUT2D eigenvalue weighted by Gasteiger charge is -2.20. The Morgan fingerprint density at radius 2 is 2.46 bits per heavy atom. The molecule has 0 bridgehead atoms. The van der Waals surface area contributed by atoms with Gasteiger partial charge in [0.05, 0.1) is 18.7 Å². The lowest BCUT2D eigenvalue weighted by atomic mass is 10.2. The predicted molar refractivity (Wildman–Crippen MR) is 46.9 cm³/mol. The Bertz CT molecular complexity index is 186. The van der Waals surface area contributed by atoms with Crippen molar-refractivity contribution in [2.24, 2.45) is 5.73 Å². The van der Waals surface area contributed by atoms with E-state index < -0.39 is 0 Å². The van der Waals surface area contributed by atoms with Gasteiger partial charge in [-0.3, -0.25) is 10.1 Å². The standard InChI is InChI=1S/C8H16N2O3/c1-5(7(9)11)10-6-3-4-13-8(6)12-2/h5-6,8,10H,3-4H2,1-2H3,(H2,9,11)/t5-,6-,8?/m0/s1. The zero-order valence-corrected chi connectivity index (χ0v) is 7.95. The molecule has 0 aromatic heterocycles. The Kier molecular flexibility index (Phi) is 3.65. The van der Waals surface area contributed by atoms with Gasteiger partial charge < -0.3 is 15.2 Å². The van der Waals surface area contributed by atoms with Crippen LogP contribution in [-0.4, -0.2) is 38.0 Å². The first-order chi connectivity index (χ1) is 6.15. The van der Waals surface area contributed by atoms with Crippen LogP contribution in [0.4, 0.5) is 0 Å². The van der Waals surface area contributed by atoms with E-state index in [1.54, 1.807) is 14.0 Å². The summed E-state index contributed by atoms with van der Waals surface area (Å²) in [5.41, 5.74) is 5.12. The number of nitrogens with two attached hydrogens (primary N) is 1. The van der Waals surface area contributed by atoms with Crippen molar-refractivity contribution < 1.29 is 14.3 Å². The molecule has 5 heteroatoms. The maximum absolute atomic E-state index is 10.8. The molecule has 0 aromatic rings. The minimum atomic E-state index is -0.359. The summed E-state index contributed by atoms with van der Waals surface area (Å²) in [5, 5.41) is 3.05. The van der Waals surface area contributed by atoms with Crippen molar-refractivity contribution in [3.8, 4) is 0 Å². The van der Waals surface area contributed by atoms with E-state index in [1.807, 2.05) is 0 Å². The molecular formula is C8H16N2O3. The Labute approximate surface area is 77.6 Å². The van der Waals surface area contributed by atoms with Gasteiger partial charge in [0.1, 0.15) is 0 Å². The van der Waals surface area contributed by atoms with E-state index in [2.05, 4.69) is 5.32 Å². The predicted octanol–water partition coefficient (Wildman–Crippen LogP) is -0.789. The van der Waals surface area contributed by atoms with Gasteiger partial charge in [-0.15, -0.1) is 0 Å². The van der Waals surface area contributed by atoms with Crippen LogP contribution in [0.3, 0.4) is 0 Å². The minimum absolute atomic E-state index is 0.0625. The van der Waals surface area contributed by atoms with Crippen molar-refractivity contribution in [3.63, 3.8) is 0 Å². The van der Waals surface area contributed by atoms with Crippen LogP contribution in [0, 0.1) is 0 Å². The molecule has 0 spiro atoms. The van der Waals surface area contributed by atoms with E-state index in [4.69, 9.17) is 15.2 Å². The molecule has 3 N–H and O–H groups in total. The number of hydrogen-bond acceptors (Lipinski definition) is 4. The molecule has 3 atom stereocenters. The second kappa shape index (κ2) is 4.55. The van der Waals surface area contributed by atoms with E-state index >= 15 is 0 Å². The zero-order chi connectivity index (χ0) is 9.84. The molecule has 1 fully saturated rings. The number of carbonyl (C=O) groups is 1. The highest BCUT2D eigenvalue weighted by atomic mass is 16.7. The number of carbonyl (C=O) groups excluding carboxylic acids is 1. The van der Waals surface area contributed by atoms with E-state index in [1.165, 1.54) is 0 Å². The SMILES string of the molecule is COC1OCC[C@@H]1N[C@@H](C)C(N)=O. The highest BCUT2D eigenvalue weighted by Crippen LogP contribution is 2.14. The third kappa shape index (κ3) is 2.65. The van der Waals surface area contributed by atoms with E-state index in [0.29, 0.717) is 6.61 Å². The molecule has 1 heterocycles. The van der Waals surface area contributed by atoms with Gasteiger partial charge in [0, 0.05) is 7.11 Å². The summed E-state index contributed by atoms with van der Waals surface area (Å²) in [6.07, 6.45) is 0.581. The highest BCUT2D eigenvalue weighted by Gasteiger charge is 2.29. The van der Waals surface area contributed by atoms with Gasteiger partial charge in [-0.25, -0.2) is 0 Å². The number of nitrogens with one attached hydrogen (secondary N) is 1. The number of rotatable bonds is 4. The van der Waals surface area contributed by atoms with Gasteiger partial charge >= 0.3 is 0 Å². The molecule has 1 aliphatic rings. The first-order valence-electron chi connectivity index (χ1n) is 4.35. The van der Waals surface area contributed by atoms with Crippen LogP contribution < -0.4 is 11.1 Å². The number of primary amides is 1. The summed E-state index contributed by atoms with van der Waals surface area (Å²) >= 11 is 0. The van der Waals surface area contributed by atoms with Crippen molar-refractivity contribution in [1.29, 1.82) is 0 Å². The topological polar surface area (TPSA) is 73.6 Å². The summed E-state index contributed by atoms with van der Waals surface area (Å²) in [4.78, 5) is 10.8. The quantitative estimate of drug-likeness (QED) is 0.606. The number of methoxy groups -OCH3 is 1. The van der Waals surface area contributed by atoms with Crippen molar-refractivity contribution >= 4 is 5.91 Å². The Balaban J connectivity index is 2.39. The summed E-state index contributed by atoms with van der Waals surface area (Å²) < 4.78 is 10.3. The first kappa shape index (κ1) is 10.4. The Morgan fingerprint density at radius 3 is 3.00 bits per heavy atom. The van der Waals surface area contributed by atoms with E-state index in [-0.39, 0.29) is 24.3 Å². The molecule has 1 unspecified atom stereocenters. The molecule has 1 saturated heterocycles. The smallest absolute Gasteiger partial charge is 0.234 e. The molecule has 13 heavy (non-hydrogen) atoms. The zero-order valence-electron chi connectivity index (χ0n) is 7.95. The normalized spacial score (nSPS) is 30.3. The van der Waals surface area contributed by atoms with Gasteiger partial charge in [-0.2, -0.15) is 0 Å². The minimum Gasteiger partial charge on any atom is -0.368 e. The van der Waals surface area contributed by atoms with Gasteiger partial charge in [-0.05, 0) is 13.3 Å². The van der Waals surface area contributed by atoms with Crippen LogP contribution in [-0.2, 0) is 14.3 Å². The molecule has 0 radical (unpaired) electrons. The number of ether oxygens (including phenoxy) is 2. The molecule has 5 nitrogen and oxygen atoms in total. The molecule has 0 aliphatic carbocycles. The first-order valence-corrected chi connectivity index (χ1v) is 4.35. The molecule has 1 amide bonds. The monoisotopic (exact) mass is 188 g/mol. The fourth-order valence-electron chi connectivity index (χ4n) is 1.36. The molecule has 0 aromatic carbocycles. The lowest BCUT2D eigenvalue weighted by Crippen LogP contribution is -2.48. The van der Waals surface area contributed by atoms with Gasteiger partial charge in [0.15, 0.2) is 6.29 Å². The van der Waals surface area contributed by atoms with Crippen LogP contribution in [0.25, 0.3) is 0 Å². The van der Waals surface area contributed by atoms with Crippen molar-refractivity contribution in [3.05, 3.63) is 0 Å². The second-order valence-electron chi connectivity index (χ2n) is 3.16. The number of hydrogen-bond donors (Lipinski definition) is 2. The van der Waals surface area contributed by atoms with Crippen LogP contribution in [0.1, 0.15) is 13.3 Å². The Morgan fingerprint density at radius 1 is 1.77 bits per heavy atom. The second-order valence-corrected chi connectivity index (χ2v) is 3.16. The maximum atomic E-state index is 10.8. The van der Waals surface area contributed by atoms with E-state index in [9.17, 15) is 4.79 Å². The Hall–Kier alpha value is -0.650. The molecule has 0 saturated carbocycles. The van der Waals surface area contributed by atoms with Crippen LogP contribution in [0.2, 0.25) is 0 Å². The van der Waals surface area contributed by atoms with Crippen molar-refractivity contribution in [2.45, 2.75) is 31.7 Å².